The fourth-order valence-electron chi connectivity index (χ4n) is 4.62. The van der Waals surface area contributed by atoms with Crippen LogP contribution in [0, 0.1) is 6.92 Å². The molecule has 2 saturated heterocycles. The second-order valence-electron chi connectivity index (χ2n) is 9.46. The van der Waals surface area contributed by atoms with Gasteiger partial charge in [-0.05, 0) is 24.6 Å². The molecule has 2 aliphatic heterocycles. The van der Waals surface area contributed by atoms with Gasteiger partial charge in [-0.25, -0.2) is 4.79 Å². The third-order valence-corrected chi connectivity index (χ3v) is 6.63. The molecule has 10 atom stereocenters. The molecule has 15 nitrogen and oxygen atoms in total. The summed E-state index contributed by atoms with van der Waals surface area (Å²) in [5.41, 5.74) is -2.55. The van der Waals surface area contributed by atoms with Crippen LogP contribution in [-0.4, -0.2) is 116 Å². The lowest BCUT2D eigenvalue weighted by Gasteiger charge is -2.51. The van der Waals surface area contributed by atoms with E-state index in [2.05, 4.69) is 5.32 Å². The lowest BCUT2D eigenvalue weighted by molar-refractivity contribution is -0.379. The SMILES string of the molecule is CC(=O)N[C@]1(O)[C@@H](Oc2ccc3c(C)cc(=O)oc3c2)O[C@H](CO)[C@H](O)[C@@H]1O[C@@H]1O[C@H](CO)[C@H](O)[C@H](O)[C@H]1O. The number of aliphatic hydroxyl groups excluding tert-OH is 6. The molecule has 0 saturated carbocycles. The molecule has 2 fully saturated rings. The van der Waals surface area contributed by atoms with Crippen molar-refractivity contribution in [3.8, 4) is 5.75 Å². The molecular formula is C24H31NO14. The van der Waals surface area contributed by atoms with Crippen molar-refractivity contribution < 1.29 is 63.9 Å². The van der Waals surface area contributed by atoms with Crippen LogP contribution in [0.4, 0.5) is 0 Å². The van der Waals surface area contributed by atoms with E-state index in [1.807, 2.05) is 0 Å². The molecule has 0 spiro atoms. The smallest absolute Gasteiger partial charge is 0.336 e. The van der Waals surface area contributed by atoms with E-state index < -0.39 is 85.8 Å². The maximum Gasteiger partial charge on any atom is 0.336 e. The van der Waals surface area contributed by atoms with Gasteiger partial charge in [0.15, 0.2) is 6.29 Å². The number of rotatable bonds is 7. The number of aliphatic hydroxyl groups is 7. The molecule has 1 aromatic carbocycles. The first-order valence-corrected chi connectivity index (χ1v) is 12.0. The Kier molecular flexibility index (Phi) is 8.58. The zero-order valence-corrected chi connectivity index (χ0v) is 20.9. The number of ether oxygens (including phenoxy) is 4. The van der Waals surface area contributed by atoms with Gasteiger partial charge < -0.3 is 64.4 Å². The number of carbonyl (C=O) groups is 1. The summed E-state index contributed by atoms with van der Waals surface area (Å²) in [5, 5.41) is 75.2. The number of amides is 1. The zero-order valence-electron chi connectivity index (χ0n) is 20.9. The van der Waals surface area contributed by atoms with Gasteiger partial charge >= 0.3 is 5.63 Å². The van der Waals surface area contributed by atoms with Crippen LogP contribution in [0.15, 0.2) is 33.5 Å². The molecule has 39 heavy (non-hydrogen) atoms. The molecule has 0 aliphatic carbocycles. The van der Waals surface area contributed by atoms with Crippen LogP contribution >= 0.6 is 0 Å². The Morgan fingerprint density at radius 2 is 1.67 bits per heavy atom. The number of benzene rings is 1. The Morgan fingerprint density at radius 1 is 1.00 bits per heavy atom. The number of nitrogens with one attached hydrogen (secondary N) is 1. The second-order valence-corrected chi connectivity index (χ2v) is 9.46. The number of hydrogen-bond acceptors (Lipinski definition) is 14. The third kappa shape index (κ3) is 5.64. The molecule has 4 rings (SSSR count). The first-order chi connectivity index (χ1) is 18.4. The molecule has 1 amide bonds. The van der Waals surface area contributed by atoms with Crippen LogP contribution < -0.4 is 15.7 Å². The van der Waals surface area contributed by atoms with Crippen molar-refractivity contribution in [2.24, 2.45) is 0 Å². The highest BCUT2D eigenvalue weighted by Gasteiger charge is 2.60. The number of fused-ring (bicyclic) bond motifs is 1. The fraction of sp³-hybridized carbons (Fsp3) is 0.583. The van der Waals surface area contributed by atoms with Gasteiger partial charge in [0.1, 0.15) is 54.1 Å². The topological polar surface area (TPSA) is 238 Å². The van der Waals surface area contributed by atoms with Gasteiger partial charge in [-0.3, -0.25) is 4.79 Å². The number of aryl methyl sites for hydroxylation is 1. The molecule has 8 N–H and O–H groups in total. The van der Waals surface area contributed by atoms with Crippen LogP contribution in [-0.2, 0) is 19.0 Å². The lowest BCUT2D eigenvalue weighted by atomic mass is 9.92. The van der Waals surface area contributed by atoms with Gasteiger partial charge in [-0.2, -0.15) is 0 Å². The zero-order chi connectivity index (χ0) is 28.6. The highest BCUT2D eigenvalue weighted by Crippen LogP contribution is 2.35. The van der Waals surface area contributed by atoms with E-state index in [1.54, 1.807) is 13.0 Å². The second kappa shape index (κ2) is 11.4. The summed E-state index contributed by atoms with van der Waals surface area (Å²) in [6, 6.07) is 5.66. The van der Waals surface area contributed by atoms with E-state index in [0.717, 1.165) is 6.92 Å². The number of hydrogen-bond donors (Lipinski definition) is 8. The Morgan fingerprint density at radius 3 is 2.31 bits per heavy atom. The van der Waals surface area contributed by atoms with Crippen molar-refractivity contribution in [2.75, 3.05) is 13.2 Å². The van der Waals surface area contributed by atoms with E-state index in [9.17, 15) is 45.3 Å². The minimum Gasteiger partial charge on any atom is -0.459 e. The number of carbonyl (C=O) groups excluding carboxylic acids is 1. The van der Waals surface area contributed by atoms with Crippen LogP contribution in [0.3, 0.4) is 0 Å². The standard InChI is InChI=1S/C24H31NO14/c1-9-5-16(29)36-13-6-11(3-4-12(9)13)35-23-24(34,25-10(2)28)21(18(31)15(8-27)38-23)39-22-20(33)19(32)17(30)14(7-26)37-22/h3-6,14-15,17-23,26-27,30-34H,7-8H2,1-2H3,(H,25,28)/t14-,15-,17+,18+,19+,20-,21+,22+,23+,24-/m1/s1. The Labute approximate surface area is 220 Å². The Hall–Kier alpha value is -2.70. The average Bonchev–Trinajstić information content (AvgIpc) is 2.87. The fourth-order valence-corrected chi connectivity index (χ4v) is 4.62. The summed E-state index contributed by atoms with van der Waals surface area (Å²) in [6.07, 6.45) is -15.8. The maximum atomic E-state index is 12.1. The normalized spacial score (nSPS) is 37.0. The van der Waals surface area contributed by atoms with Crippen LogP contribution in [0.1, 0.15) is 12.5 Å². The summed E-state index contributed by atoms with van der Waals surface area (Å²) in [6.45, 7) is 1.16. The van der Waals surface area contributed by atoms with E-state index in [-0.39, 0.29) is 11.3 Å². The van der Waals surface area contributed by atoms with Crippen molar-refractivity contribution in [2.45, 2.75) is 74.9 Å². The molecule has 3 heterocycles. The summed E-state index contributed by atoms with van der Waals surface area (Å²) < 4.78 is 27.5. The summed E-state index contributed by atoms with van der Waals surface area (Å²) in [5.74, 6) is -0.836. The summed E-state index contributed by atoms with van der Waals surface area (Å²) in [4.78, 5) is 23.9. The van der Waals surface area contributed by atoms with Crippen LogP contribution in [0.2, 0.25) is 0 Å². The highest BCUT2D eigenvalue weighted by molar-refractivity contribution is 5.81. The van der Waals surface area contributed by atoms with Crippen LogP contribution in [0.5, 0.6) is 5.75 Å². The van der Waals surface area contributed by atoms with E-state index in [4.69, 9.17) is 23.4 Å². The van der Waals surface area contributed by atoms with E-state index >= 15 is 0 Å². The van der Waals surface area contributed by atoms with Crippen molar-refractivity contribution in [3.63, 3.8) is 0 Å². The van der Waals surface area contributed by atoms with Crippen molar-refractivity contribution in [1.82, 2.24) is 5.32 Å². The van der Waals surface area contributed by atoms with Gasteiger partial charge in [0.05, 0.1) is 13.2 Å². The Balaban J connectivity index is 1.70. The van der Waals surface area contributed by atoms with Gasteiger partial charge in [-0.15, -0.1) is 0 Å². The minimum atomic E-state index is -2.71. The average molecular weight is 558 g/mol. The van der Waals surface area contributed by atoms with Crippen molar-refractivity contribution >= 4 is 16.9 Å². The third-order valence-electron chi connectivity index (χ3n) is 6.63. The molecule has 1 aromatic heterocycles. The van der Waals surface area contributed by atoms with Crippen LogP contribution in [0.25, 0.3) is 11.0 Å². The molecule has 2 aliphatic rings. The minimum absolute atomic E-state index is 0.00954. The molecule has 0 bridgehead atoms. The van der Waals surface area contributed by atoms with Crippen molar-refractivity contribution in [1.29, 1.82) is 0 Å². The summed E-state index contributed by atoms with van der Waals surface area (Å²) >= 11 is 0. The molecule has 216 valence electrons. The molecule has 0 radical (unpaired) electrons. The largest absolute Gasteiger partial charge is 0.459 e. The maximum absolute atomic E-state index is 12.1. The van der Waals surface area contributed by atoms with Gasteiger partial charge in [0.2, 0.25) is 11.6 Å². The molecule has 0 unspecified atom stereocenters. The van der Waals surface area contributed by atoms with Gasteiger partial charge in [0.25, 0.3) is 6.29 Å². The first-order valence-electron chi connectivity index (χ1n) is 12.0. The quantitative estimate of drug-likeness (QED) is 0.122. The predicted molar refractivity (Wildman–Crippen MR) is 127 cm³/mol. The molecule has 15 heteroatoms. The monoisotopic (exact) mass is 557 g/mol. The van der Waals surface area contributed by atoms with Gasteiger partial charge in [-0.1, -0.05) is 0 Å². The summed E-state index contributed by atoms with van der Waals surface area (Å²) in [7, 11) is 0. The van der Waals surface area contributed by atoms with E-state index in [1.165, 1.54) is 18.2 Å². The lowest BCUT2D eigenvalue weighted by Crippen LogP contribution is -2.76. The van der Waals surface area contributed by atoms with E-state index in [0.29, 0.717) is 10.9 Å². The first kappa shape index (κ1) is 29.3. The molecule has 2 aromatic rings. The molecular weight excluding hydrogens is 526 g/mol. The van der Waals surface area contributed by atoms with Gasteiger partial charge in [0, 0.05) is 24.4 Å². The predicted octanol–water partition coefficient (Wildman–Crippen LogP) is -3.43. The van der Waals surface area contributed by atoms with Crippen molar-refractivity contribution in [3.05, 3.63) is 40.2 Å². The Bertz CT molecular complexity index is 1240. The highest BCUT2D eigenvalue weighted by atomic mass is 16.7.